The van der Waals surface area contributed by atoms with E-state index in [1.54, 1.807) is 0 Å². The zero-order chi connectivity index (χ0) is 70.0. The molecule has 2 aliphatic rings. The van der Waals surface area contributed by atoms with Gasteiger partial charge in [0.1, 0.15) is 0 Å². The van der Waals surface area contributed by atoms with Crippen molar-refractivity contribution in [3.05, 3.63) is 344 Å². The van der Waals surface area contributed by atoms with Crippen molar-refractivity contribution in [1.29, 1.82) is 0 Å². The molecule has 2 aliphatic heterocycles. The minimum absolute atomic E-state index is 0.0664. The SMILES string of the molecule is CC(C)(C)c1cc2c3c(c1)N(c1c(-c4ccccc4)cc(-c4ccccc4)cc1-c1ccccc1)c1cc(-c4cc5cc(C(C)(C)C)cc6ccc7cc(C(C)(C)C)cc4c7c65)ccc1B3c1ccc(-c3ccccc3)cc1N2c1c(-c2ccccc2)cc(-c2ccccc2)cc1-c1ccccc1. The van der Waals surface area contributed by atoms with Crippen LogP contribution in [0.15, 0.2) is 328 Å². The second-order valence-electron chi connectivity index (χ2n) is 31.6. The molecule has 18 rings (SSSR count). The maximum absolute atomic E-state index is 2.75. The van der Waals surface area contributed by atoms with Crippen molar-refractivity contribution < 1.29 is 0 Å². The van der Waals surface area contributed by atoms with Gasteiger partial charge in [0.2, 0.25) is 0 Å². The molecule has 0 fully saturated rings. The lowest BCUT2D eigenvalue weighted by Gasteiger charge is -2.46. The maximum atomic E-state index is 2.75. The predicted molar refractivity (Wildman–Crippen MR) is 444 cm³/mol. The standard InChI is InChI=1S/C100H81BN2/c1-98(2,3)78-51-73-45-46-74-52-79(99(4,5)6)61-86-81(58-77(53-78)93(73)94(74)86)72-48-50-88-90(60-72)103(97-84(69-41-27-15-28-42-69)56-76(66-35-21-12-22-36-66)57-85(97)70-43-29-16-30-44-70)92-63-80(100(7,8)9)62-91-95(92)101(88)87-49-47-71(64-31-17-10-18-32-64)59-89(87)102(91)96-82(67-37-23-13-24-38-67)54-75(65-33-19-11-20-34-65)55-83(96)68-39-25-14-26-40-68/h10-63H,1-9H3. The average molecular weight is 1320 g/mol. The lowest BCUT2D eigenvalue weighted by molar-refractivity contribution is 0.590. The van der Waals surface area contributed by atoms with Crippen LogP contribution in [0.4, 0.5) is 34.1 Å². The van der Waals surface area contributed by atoms with Crippen LogP contribution < -0.4 is 26.2 Å². The van der Waals surface area contributed by atoms with Crippen LogP contribution in [0.1, 0.15) is 79.0 Å². The predicted octanol–water partition coefficient (Wildman–Crippen LogP) is 25.9. The minimum Gasteiger partial charge on any atom is -0.310 e. The number of nitrogens with zero attached hydrogens (tertiary/aromatic N) is 2. The van der Waals surface area contributed by atoms with E-state index < -0.39 is 0 Å². The van der Waals surface area contributed by atoms with E-state index in [4.69, 9.17) is 0 Å². The van der Waals surface area contributed by atoms with Crippen molar-refractivity contribution in [2.45, 2.75) is 78.6 Å². The summed E-state index contributed by atoms with van der Waals surface area (Å²) < 4.78 is 0. The summed E-state index contributed by atoms with van der Waals surface area (Å²) in [4.78, 5) is 5.46. The van der Waals surface area contributed by atoms with Crippen molar-refractivity contribution in [3.8, 4) is 89.0 Å². The van der Waals surface area contributed by atoms with Gasteiger partial charge in [-0.05, 0) is 209 Å². The highest BCUT2D eigenvalue weighted by atomic mass is 15.2. The molecule has 0 bridgehead atoms. The molecule has 3 heteroatoms. The topological polar surface area (TPSA) is 6.48 Å². The van der Waals surface area contributed by atoms with Gasteiger partial charge in [-0.2, -0.15) is 0 Å². The van der Waals surface area contributed by atoms with E-state index in [9.17, 15) is 0 Å². The van der Waals surface area contributed by atoms with E-state index >= 15 is 0 Å². The van der Waals surface area contributed by atoms with Crippen LogP contribution in [-0.4, -0.2) is 6.71 Å². The van der Waals surface area contributed by atoms with Gasteiger partial charge in [-0.25, -0.2) is 0 Å². The molecule has 0 atom stereocenters. The van der Waals surface area contributed by atoms with Crippen LogP contribution in [0.25, 0.3) is 121 Å². The molecule has 0 aromatic heterocycles. The summed E-state index contributed by atoms with van der Waals surface area (Å²) in [5, 5.41) is 7.76. The first-order valence-electron chi connectivity index (χ1n) is 36.6. The van der Waals surface area contributed by atoms with Gasteiger partial charge >= 0.3 is 0 Å². The molecule has 0 spiro atoms. The van der Waals surface area contributed by atoms with Crippen molar-refractivity contribution >= 4 is 89.5 Å². The lowest BCUT2D eigenvalue weighted by atomic mass is 9.33. The second kappa shape index (κ2) is 24.5. The summed E-state index contributed by atoms with van der Waals surface area (Å²) in [5.74, 6) is 0. The molecule has 0 unspecified atom stereocenters. The number of rotatable bonds is 10. The molecule has 0 aliphatic carbocycles. The Balaban J connectivity index is 1.02. The number of fused-ring (bicyclic) bond motifs is 4. The molecule has 0 N–H and O–H groups in total. The first kappa shape index (κ1) is 63.4. The second-order valence-corrected chi connectivity index (χ2v) is 31.6. The molecular weight excluding hydrogens is 1240 g/mol. The third kappa shape index (κ3) is 11.0. The third-order valence-corrected chi connectivity index (χ3v) is 22.0. The van der Waals surface area contributed by atoms with Gasteiger partial charge in [-0.1, -0.05) is 329 Å². The summed E-state index contributed by atoms with van der Waals surface area (Å²) in [5.41, 5.74) is 32.6. The summed E-state index contributed by atoms with van der Waals surface area (Å²) >= 11 is 0. The Morgan fingerprint density at radius 3 is 0.932 bits per heavy atom. The molecule has 16 aromatic carbocycles. The molecule has 103 heavy (non-hydrogen) atoms. The van der Waals surface area contributed by atoms with Gasteiger partial charge in [-0.15, -0.1) is 0 Å². The van der Waals surface area contributed by atoms with Crippen LogP contribution in [0.2, 0.25) is 0 Å². The smallest absolute Gasteiger partial charge is 0.252 e. The molecule has 2 nitrogen and oxygen atoms in total. The zero-order valence-corrected chi connectivity index (χ0v) is 60.1. The molecule has 2 heterocycles. The van der Waals surface area contributed by atoms with Crippen LogP contribution >= 0.6 is 0 Å². The molecule has 494 valence electrons. The van der Waals surface area contributed by atoms with E-state index in [0.29, 0.717) is 0 Å². The van der Waals surface area contributed by atoms with E-state index in [-0.39, 0.29) is 23.0 Å². The molecule has 0 saturated heterocycles. The number of benzene rings is 16. The maximum Gasteiger partial charge on any atom is 0.252 e. The molecule has 0 radical (unpaired) electrons. The fourth-order valence-corrected chi connectivity index (χ4v) is 16.6. The van der Waals surface area contributed by atoms with Gasteiger partial charge < -0.3 is 9.80 Å². The third-order valence-electron chi connectivity index (χ3n) is 22.0. The van der Waals surface area contributed by atoms with Gasteiger partial charge in [0.15, 0.2) is 0 Å². The molecule has 0 saturated carbocycles. The van der Waals surface area contributed by atoms with Crippen molar-refractivity contribution in [2.24, 2.45) is 0 Å². The summed E-state index contributed by atoms with van der Waals surface area (Å²) in [6, 6.07) is 125. The Morgan fingerprint density at radius 1 is 0.223 bits per heavy atom. The monoisotopic (exact) mass is 1320 g/mol. The molecular formula is C100H81BN2. The molecule has 0 amide bonds. The Hall–Kier alpha value is -11.8. The van der Waals surface area contributed by atoms with Crippen molar-refractivity contribution in [2.75, 3.05) is 9.80 Å². The van der Waals surface area contributed by atoms with E-state index in [1.165, 1.54) is 93.2 Å². The number of hydrogen-bond acceptors (Lipinski definition) is 2. The highest BCUT2D eigenvalue weighted by molar-refractivity contribution is 7.00. The number of anilines is 6. The Kier molecular flexibility index (Phi) is 15.1. The zero-order valence-electron chi connectivity index (χ0n) is 60.1. The van der Waals surface area contributed by atoms with Crippen molar-refractivity contribution in [1.82, 2.24) is 0 Å². The Morgan fingerprint density at radius 2 is 0.544 bits per heavy atom. The van der Waals surface area contributed by atoms with Crippen LogP contribution in [0.5, 0.6) is 0 Å². The summed E-state index contributed by atoms with van der Waals surface area (Å²) in [7, 11) is 0. The lowest BCUT2D eigenvalue weighted by Crippen LogP contribution is -2.61. The number of hydrogen-bond donors (Lipinski definition) is 0. The minimum atomic E-state index is -0.327. The van der Waals surface area contributed by atoms with E-state index in [0.717, 1.165) is 95.3 Å². The summed E-state index contributed by atoms with van der Waals surface area (Å²) in [6.07, 6.45) is 0. The average Bonchev–Trinajstić information content (AvgIpc) is 0.691. The van der Waals surface area contributed by atoms with Crippen molar-refractivity contribution in [3.63, 3.8) is 0 Å². The van der Waals surface area contributed by atoms with Crippen LogP contribution in [0, 0.1) is 0 Å². The Labute approximate surface area is 607 Å². The van der Waals surface area contributed by atoms with Gasteiger partial charge in [0, 0.05) is 45.0 Å². The van der Waals surface area contributed by atoms with E-state index in [2.05, 4.69) is 400 Å². The van der Waals surface area contributed by atoms with Gasteiger partial charge in [0.05, 0.1) is 11.4 Å². The van der Waals surface area contributed by atoms with Gasteiger partial charge in [0.25, 0.3) is 6.71 Å². The highest BCUT2D eigenvalue weighted by Crippen LogP contribution is 2.56. The first-order chi connectivity index (χ1) is 50.0. The van der Waals surface area contributed by atoms with E-state index in [1.807, 2.05) is 0 Å². The summed E-state index contributed by atoms with van der Waals surface area (Å²) in [6.45, 7) is 21.1. The first-order valence-corrected chi connectivity index (χ1v) is 36.6. The fourth-order valence-electron chi connectivity index (χ4n) is 16.6. The van der Waals surface area contributed by atoms with Crippen LogP contribution in [0.3, 0.4) is 0 Å². The van der Waals surface area contributed by atoms with Crippen LogP contribution in [-0.2, 0) is 16.2 Å². The normalized spacial score (nSPS) is 12.8. The Bertz CT molecular complexity index is 5820. The quantitative estimate of drug-likeness (QED) is 0.0995. The highest BCUT2D eigenvalue weighted by Gasteiger charge is 2.46. The largest absolute Gasteiger partial charge is 0.310 e. The fraction of sp³-hybridized carbons (Fsp3) is 0.120. The molecule has 16 aromatic rings. The van der Waals surface area contributed by atoms with Gasteiger partial charge in [-0.3, -0.25) is 0 Å².